The Morgan fingerprint density at radius 1 is 1.21 bits per heavy atom. The first-order chi connectivity index (χ1) is 6.66. The van der Waals surface area contributed by atoms with E-state index >= 15 is 0 Å². The van der Waals surface area contributed by atoms with E-state index < -0.39 is 0 Å². The number of carbonyl (C=O) groups excluding carboxylic acids is 2. The lowest BCUT2D eigenvalue weighted by Crippen LogP contribution is -3.29. The second kappa shape index (κ2) is 3.67. The van der Waals surface area contributed by atoms with E-state index in [2.05, 4.69) is 12.4 Å². The number of imide groups is 1. The van der Waals surface area contributed by atoms with E-state index in [-0.39, 0.29) is 17.9 Å². The largest absolute Gasteiger partial charge is 0.328 e. The SMILES string of the molecule is C[NH+]1CC[NH+]([C@@H]2CC(=O)NC2=O)CC1. The second-order valence-electron chi connectivity index (χ2n) is 4.28. The maximum atomic E-state index is 11.4. The van der Waals surface area contributed by atoms with E-state index in [4.69, 9.17) is 0 Å². The van der Waals surface area contributed by atoms with Crippen molar-refractivity contribution in [1.82, 2.24) is 5.32 Å². The lowest BCUT2D eigenvalue weighted by Gasteiger charge is -2.29. The summed E-state index contributed by atoms with van der Waals surface area (Å²) in [4.78, 5) is 25.2. The third-order valence-electron chi connectivity index (χ3n) is 3.21. The van der Waals surface area contributed by atoms with Crippen molar-refractivity contribution in [3.8, 4) is 0 Å². The Morgan fingerprint density at radius 3 is 2.36 bits per heavy atom. The zero-order valence-corrected chi connectivity index (χ0v) is 8.43. The van der Waals surface area contributed by atoms with Gasteiger partial charge in [0.2, 0.25) is 5.91 Å². The zero-order chi connectivity index (χ0) is 10.1. The van der Waals surface area contributed by atoms with Crippen LogP contribution in [0.2, 0.25) is 0 Å². The monoisotopic (exact) mass is 199 g/mol. The molecule has 0 bridgehead atoms. The van der Waals surface area contributed by atoms with Crippen LogP contribution in [0.5, 0.6) is 0 Å². The Balaban J connectivity index is 1.95. The van der Waals surface area contributed by atoms with Gasteiger partial charge in [-0.3, -0.25) is 14.9 Å². The number of amides is 2. The van der Waals surface area contributed by atoms with Crippen LogP contribution < -0.4 is 15.1 Å². The molecule has 5 heteroatoms. The van der Waals surface area contributed by atoms with Crippen molar-refractivity contribution < 1.29 is 19.4 Å². The molecule has 5 nitrogen and oxygen atoms in total. The van der Waals surface area contributed by atoms with Gasteiger partial charge in [-0.05, 0) is 0 Å². The van der Waals surface area contributed by atoms with Crippen molar-refractivity contribution in [3.63, 3.8) is 0 Å². The summed E-state index contributed by atoms with van der Waals surface area (Å²) in [6.45, 7) is 4.18. The molecule has 3 N–H and O–H groups in total. The van der Waals surface area contributed by atoms with Crippen molar-refractivity contribution in [3.05, 3.63) is 0 Å². The fourth-order valence-electron chi connectivity index (χ4n) is 2.23. The topological polar surface area (TPSA) is 55.1 Å². The van der Waals surface area contributed by atoms with Crippen LogP contribution in [-0.4, -0.2) is 51.1 Å². The lowest BCUT2D eigenvalue weighted by atomic mass is 10.2. The molecule has 0 aliphatic carbocycles. The molecular formula is C9H17N3O2+2. The van der Waals surface area contributed by atoms with Crippen LogP contribution >= 0.6 is 0 Å². The van der Waals surface area contributed by atoms with Crippen LogP contribution in [0.1, 0.15) is 6.42 Å². The standard InChI is InChI=1S/C9H15N3O2/c1-11-2-4-12(5-3-11)7-6-8(13)10-9(7)14/h7H,2-6H2,1H3,(H,10,13,14)/p+2/t7-/m1/s1. The molecule has 0 spiro atoms. The maximum Gasteiger partial charge on any atom is 0.285 e. The smallest absolute Gasteiger partial charge is 0.285 e. The van der Waals surface area contributed by atoms with Crippen molar-refractivity contribution in [2.75, 3.05) is 33.2 Å². The van der Waals surface area contributed by atoms with Gasteiger partial charge in [0.25, 0.3) is 5.91 Å². The number of nitrogens with one attached hydrogen (secondary N) is 3. The summed E-state index contributed by atoms with van der Waals surface area (Å²) in [5, 5.41) is 2.37. The molecule has 0 aromatic carbocycles. The third kappa shape index (κ3) is 1.78. The molecule has 2 rings (SSSR count). The van der Waals surface area contributed by atoms with E-state index in [1.165, 1.54) is 9.80 Å². The van der Waals surface area contributed by atoms with Gasteiger partial charge in [-0.25, -0.2) is 0 Å². The minimum atomic E-state index is -0.115. The van der Waals surface area contributed by atoms with E-state index in [9.17, 15) is 9.59 Å². The molecule has 2 aliphatic rings. The van der Waals surface area contributed by atoms with Gasteiger partial charge >= 0.3 is 0 Å². The summed E-state index contributed by atoms with van der Waals surface area (Å²) in [5.74, 6) is -0.191. The van der Waals surface area contributed by atoms with Gasteiger partial charge in [0.1, 0.15) is 26.2 Å². The molecule has 0 aromatic heterocycles. The maximum absolute atomic E-state index is 11.4. The summed E-state index contributed by atoms with van der Waals surface area (Å²) in [6.07, 6.45) is 0.382. The zero-order valence-electron chi connectivity index (χ0n) is 8.43. The summed E-state index contributed by atoms with van der Waals surface area (Å²) in [5.41, 5.74) is 0. The predicted octanol–water partition coefficient (Wildman–Crippen LogP) is -4.19. The van der Waals surface area contributed by atoms with E-state index in [0.717, 1.165) is 26.2 Å². The molecule has 0 unspecified atom stereocenters. The van der Waals surface area contributed by atoms with Gasteiger partial charge in [-0.15, -0.1) is 0 Å². The molecule has 2 aliphatic heterocycles. The van der Waals surface area contributed by atoms with Gasteiger partial charge in [-0.2, -0.15) is 0 Å². The van der Waals surface area contributed by atoms with Crippen LogP contribution in [0.25, 0.3) is 0 Å². The number of rotatable bonds is 1. The summed E-state index contributed by atoms with van der Waals surface area (Å²) >= 11 is 0. The molecule has 2 heterocycles. The van der Waals surface area contributed by atoms with E-state index in [0.29, 0.717) is 6.42 Å². The number of hydrogen-bond donors (Lipinski definition) is 3. The first-order valence-corrected chi connectivity index (χ1v) is 5.16. The lowest BCUT2D eigenvalue weighted by molar-refractivity contribution is -1.01. The molecule has 2 fully saturated rings. The highest BCUT2D eigenvalue weighted by Crippen LogP contribution is 1.97. The predicted molar refractivity (Wildman–Crippen MR) is 48.9 cm³/mol. The summed E-state index contributed by atoms with van der Waals surface area (Å²) < 4.78 is 0. The number of hydrogen-bond acceptors (Lipinski definition) is 2. The Morgan fingerprint density at radius 2 is 1.86 bits per heavy atom. The summed E-state index contributed by atoms with van der Waals surface area (Å²) in [7, 11) is 2.16. The number of piperazine rings is 1. The fourth-order valence-corrected chi connectivity index (χ4v) is 2.23. The number of likely N-dealkylation sites (N-methyl/N-ethyl adjacent to an activating group) is 1. The van der Waals surface area contributed by atoms with Crippen molar-refractivity contribution in [2.24, 2.45) is 0 Å². The van der Waals surface area contributed by atoms with E-state index in [1.54, 1.807) is 0 Å². The minimum Gasteiger partial charge on any atom is -0.328 e. The number of quaternary nitrogens is 2. The second-order valence-corrected chi connectivity index (χ2v) is 4.28. The Labute approximate surface area is 83.0 Å². The highest BCUT2D eigenvalue weighted by molar-refractivity contribution is 6.04. The highest BCUT2D eigenvalue weighted by Gasteiger charge is 2.40. The van der Waals surface area contributed by atoms with Gasteiger partial charge in [-0.1, -0.05) is 0 Å². The van der Waals surface area contributed by atoms with Gasteiger partial charge in [0.15, 0.2) is 6.04 Å². The molecule has 2 amide bonds. The van der Waals surface area contributed by atoms with Crippen molar-refractivity contribution >= 4 is 11.8 Å². The molecule has 78 valence electrons. The van der Waals surface area contributed by atoms with E-state index in [1.807, 2.05) is 0 Å². The third-order valence-corrected chi connectivity index (χ3v) is 3.21. The minimum absolute atomic E-state index is 0.0791. The first-order valence-electron chi connectivity index (χ1n) is 5.16. The van der Waals surface area contributed by atoms with Crippen LogP contribution in [0.3, 0.4) is 0 Å². The Hall–Kier alpha value is -0.940. The molecule has 14 heavy (non-hydrogen) atoms. The molecule has 0 saturated carbocycles. The van der Waals surface area contributed by atoms with Crippen LogP contribution in [0.4, 0.5) is 0 Å². The number of carbonyl (C=O) groups is 2. The average molecular weight is 199 g/mol. The normalized spacial score (nSPS) is 38.5. The fraction of sp³-hybridized carbons (Fsp3) is 0.778. The van der Waals surface area contributed by atoms with Crippen molar-refractivity contribution in [1.29, 1.82) is 0 Å². The van der Waals surface area contributed by atoms with Gasteiger partial charge < -0.3 is 9.80 Å². The van der Waals surface area contributed by atoms with Crippen LogP contribution in [0, 0.1) is 0 Å². The van der Waals surface area contributed by atoms with Gasteiger partial charge in [0.05, 0.1) is 13.5 Å². The first kappa shape index (κ1) is 9.61. The quantitative estimate of drug-likeness (QED) is 0.375. The van der Waals surface area contributed by atoms with Gasteiger partial charge in [0, 0.05) is 0 Å². The van der Waals surface area contributed by atoms with Crippen LogP contribution in [-0.2, 0) is 9.59 Å². The molecular weight excluding hydrogens is 182 g/mol. The Kier molecular flexibility index (Phi) is 2.52. The highest BCUT2D eigenvalue weighted by atomic mass is 16.2. The molecule has 1 atom stereocenters. The molecule has 2 saturated heterocycles. The summed E-state index contributed by atoms with van der Waals surface area (Å²) in [6, 6.07) is -0.115. The molecule has 0 aromatic rings. The Bertz CT molecular complexity index is 259. The van der Waals surface area contributed by atoms with Crippen molar-refractivity contribution in [2.45, 2.75) is 12.5 Å². The molecule has 0 radical (unpaired) electrons. The van der Waals surface area contributed by atoms with Crippen LogP contribution in [0.15, 0.2) is 0 Å². The average Bonchev–Trinajstić information content (AvgIpc) is 2.47.